The zero-order valence-electron chi connectivity index (χ0n) is 10.7. The van der Waals surface area contributed by atoms with E-state index in [1.165, 1.54) is 0 Å². The average Bonchev–Trinajstić information content (AvgIpc) is 2.28. The van der Waals surface area contributed by atoms with Crippen molar-refractivity contribution in [2.24, 2.45) is 11.8 Å². The summed E-state index contributed by atoms with van der Waals surface area (Å²) in [6.45, 7) is 5.94. The van der Waals surface area contributed by atoms with E-state index in [2.05, 4.69) is 12.7 Å². The first-order chi connectivity index (χ1) is 8.40. The summed E-state index contributed by atoms with van der Waals surface area (Å²) in [5.41, 5.74) is 2.23. The number of carboxylic acids is 2. The van der Waals surface area contributed by atoms with Crippen molar-refractivity contribution in [3.8, 4) is 0 Å². The van der Waals surface area contributed by atoms with E-state index in [1.807, 2.05) is 6.92 Å². The predicted molar refractivity (Wildman–Crippen MR) is 68.2 cm³/mol. The minimum atomic E-state index is -1.06. The van der Waals surface area contributed by atoms with E-state index in [0.717, 1.165) is 30.4 Å². The highest BCUT2D eigenvalue weighted by molar-refractivity contribution is 5.77. The van der Waals surface area contributed by atoms with Crippen LogP contribution in [0.4, 0.5) is 0 Å². The third kappa shape index (κ3) is 4.35. The lowest BCUT2D eigenvalue weighted by molar-refractivity contribution is -0.148. The minimum absolute atomic E-state index is 0.309. The molecule has 0 radical (unpaired) electrons. The molecule has 0 aliphatic heterocycles. The Morgan fingerprint density at radius 2 is 2.17 bits per heavy atom. The van der Waals surface area contributed by atoms with Crippen molar-refractivity contribution in [3.05, 3.63) is 23.8 Å². The van der Waals surface area contributed by atoms with Crippen molar-refractivity contribution < 1.29 is 19.8 Å². The lowest BCUT2D eigenvalue weighted by atomic mass is 9.82. The van der Waals surface area contributed by atoms with Gasteiger partial charge in [0.1, 0.15) is 0 Å². The molecule has 0 heterocycles. The first-order valence-electron chi connectivity index (χ1n) is 6.18. The predicted octanol–water partition coefficient (Wildman–Crippen LogP) is 2.85. The van der Waals surface area contributed by atoms with Crippen LogP contribution in [0.2, 0.25) is 0 Å². The van der Waals surface area contributed by atoms with E-state index in [-0.39, 0.29) is 6.42 Å². The normalized spacial score (nSPS) is 20.9. The maximum atomic E-state index is 11.0. The standard InChI is InChI=1S/C14H20O4/c1-9(2)11-5-3-10(4-6-11)7-12(14(17)18)8-13(15)16/h3,11-12H,1,4-8H2,2H3,(H,15,16)(H,17,18). The molecule has 2 unspecified atom stereocenters. The fraction of sp³-hybridized carbons (Fsp3) is 0.571. The molecule has 0 saturated heterocycles. The number of aliphatic carboxylic acids is 2. The summed E-state index contributed by atoms with van der Waals surface area (Å²) in [6, 6.07) is 0. The number of rotatable bonds is 6. The lowest BCUT2D eigenvalue weighted by Gasteiger charge is -2.23. The SMILES string of the molecule is C=C(C)C1CC=C(CC(CC(=O)O)C(=O)O)CC1. The second kappa shape index (κ2) is 6.38. The Hall–Kier alpha value is -1.58. The van der Waals surface area contributed by atoms with E-state index in [4.69, 9.17) is 10.2 Å². The second-order valence-electron chi connectivity index (χ2n) is 5.02. The van der Waals surface area contributed by atoms with Gasteiger partial charge in [-0.05, 0) is 38.5 Å². The van der Waals surface area contributed by atoms with Crippen LogP contribution >= 0.6 is 0 Å². The van der Waals surface area contributed by atoms with Crippen LogP contribution in [0.3, 0.4) is 0 Å². The van der Waals surface area contributed by atoms with Crippen LogP contribution in [-0.4, -0.2) is 22.2 Å². The van der Waals surface area contributed by atoms with E-state index in [1.54, 1.807) is 0 Å². The molecule has 2 N–H and O–H groups in total. The van der Waals surface area contributed by atoms with Gasteiger partial charge in [-0.1, -0.05) is 23.8 Å². The lowest BCUT2D eigenvalue weighted by Crippen LogP contribution is -2.19. The molecule has 0 bridgehead atoms. The maximum absolute atomic E-state index is 11.0. The highest BCUT2D eigenvalue weighted by Crippen LogP contribution is 2.31. The van der Waals surface area contributed by atoms with Crippen LogP contribution in [0.15, 0.2) is 23.8 Å². The second-order valence-corrected chi connectivity index (χ2v) is 5.02. The third-order valence-electron chi connectivity index (χ3n) is 3.48. The van der Waals surface area contributed by atoms with Gasteiger partial charge in [-0.3, -0.25) is 9.59 Å². The molecular weight excluding hydrogens is 232 g/mol. The molecule has 1 aliphatic rings. The molecule has 1 rings (SSSR count). The van der Waals surface area contributed by atoms with Gasteiger partial charge >= 0.3 is 11.9 Å². The Morgan fingerprint density at radius 1 is 1.50 bits per heavy atom. The zero-order chi connectivity index (χ0) is 13.7. The fourth-order valence-corrected chi connectivity index (χ4v) is 2.30. The summed E-state index contributed by atoms with van der Waals surface area (Å²) in [7, 11) is 0. The molecule has 1 aliphatic carbocycles. The van der Waals surface area contributed by atoms with E-state index in [0.29, 0.717) is 12.3 Å². The fourth-order valence-electron chi connectivity index (χ4n) is 2.30. The largest absolute Gasteiger partial charge is 0.481 e. The smallest absolute Gasteiger partial charge is 0.307 e. The van der Waals surface area contributed by atoms with Crippen LogP contribution in [0, 0.1) is 11.8 Å². The van der Waals surface area contributed by atoms with Gasteiger partial charge in [0, 0.05) is 0 Å². The minimum Gasteiger partial charge on any atom is -0.481 e. The van der Waals surface area contributed by atoms with Crippen molar-refractivity contribution in [2.75, 3.05) is 0 Å². The van der Waals surface area contributed by atoms with E-state index in [9.17, 15) is 9.59 Å². The third-order valence-corrected chi connectivity index (χ3v) is 3.48. The molecular formula is C14H20O4. The Balaban J connectivity index is 2.58. The van der Waals surface area contributed by atoms with Crippen molar-refractivity contribution in [1.82, 2.24) is 0 Å². The monoisotopic (exact) mass is 252 g/mol. The highest BCUT2D eigenvalue weighted by Gasteiger charge is 2.24. The molecule has 0 aromatic rings. The molecule has 4 nitrogen and oxygen atoms in total. The van der Waals surface area contributed by atoms with Crippen molar-refractivity contribution >= 4 is 11.9 Å². The van der Waals surface area contributed by atoms with Gasteiger partial charge in [-0.15, -0.1) is 0 Å². The number of carboxylic acid groups (broad SMARTS) is 2. The summed E-state index contributed by atoms with van der Waals surface area (Å²) < 4.78 is 0. The van der Waals surface area contributed by atoms with Gasteiger partial charge in [0.2, 0.25) is 0 Å². The Kier molecular flexibility index (Phi) is 5.13. The Labute approximate surface area is 107 Å². The van der Waals surface area contributed by atoms with Crippen LogP contribution in [0.1, 0.15) is 39.0 Å². The van der Waals surface area contributed by atoms with Crippen LogP contribution < -0.4 is 0 Å². The van der Waals surface area contributed by atoms with Gasteiger partial charge in [0.15, 0.2) is 0 Å². The van der Waals surface area contributed by atoms with Gasteiger partial charge in [0.25, 0.3) is 0 Å². The van der Waals surface area contributed by atoms with Crippen molar-refractivity contribution in [1.29, 1.82) is 0 Å². The molecule has 4 heteroatoms. The maximum Gasteiger partial charge on any atom is 0.307 e. The average molecular weight is 252 g/mol. The van der Waals surface area contributed by atoms with Crippen LogP contribution in [0.25, 0.3) is 0 Å². The zero-order valence-corrected chi connectivity index (χ0v) is 10.7. The van der Waals surface area contributed by atoms with E-state index >= 15 is 0 Å². The Bertz CT molecular complexity index is 381. The van der Waals surface area contributed by atoms with Gasteiger partial charge in [-0.2, -0.15) is 0 Å². The molecule has 100 valence electrons. The van der Waals surface area contributed by atoms with Gasteiger partial charge in [0.05, 0.1) is 12.3 Å². The summed E-state index contributed by atoms with van der Waals surface area (Å²) in [5.74, 6) is -2.41. The molecule has 0 amide bonds. The van der Waals surface area contributed by atoms with Crippen LogP contribution in [0.5, 0.6) is 0 Å². The quantitative estimate of drug-likeness (QED) is 0.713. The highest BCUT2D eigenvalue weighted by atomic mass is 16.4. The molecule has 0 aromatic heterocycles. The van der Waals surface area contributed by atoms with Gasteiger partial charge in [-0.25, -0.2) is 0 Å². The van der Waals surface area contributed by atoms with Crippen molar-refractivity contribution in [3.63, 3.8) is 0 Å². The summed E-state index contributed by atoms with van der Waals surface area (Å²) in [5, 5.41) is 17.7. The molecule has 0 spiro atoms. The van der Waals surface area contributed by atoms with Crippen molar-refractivity contribution in [2.45, 2.75) is 39.0 Å². The number of hydrogen-bond acceptors (Lipinski definition) is 2. The summed E-state index contributed by atoms with van der Waals surface area (Å²) in [4.78, 5) is 21.6. The molecule has 0 aromatic carbocycles. The first kappa shape index (κ1) is 14.5. The molecule has 2 atom stereocenters. The number of allylic oxidation sites excluding steroid dienone is 3. The van der Waals surface area contributed by atoms with E-state index < -0.39 is 17.9 Å². The first-order valence-corrected chi connectivity index (χ1v) is 6.18. The molecule has 0 saturated carbocycles. The molecule has 18 heavy (non-hydrogen) atoms. The topological polar surface area (TPSA) is 74.6 Å². The van der Waals surface area contributed by atoms with Crippen LogP contribution in [-0.2, 0) is 9.59 Å². The van der Waals surface area contributed by atoms with Gasteiger partial charge < -0.3 is 10.2 Å². The molecule has 0 fully saturated rings. The number of carbonyl (C=O) groups is 2. The summed E-state index contributed by atoms with van der Waals surface area (Å²) >= 11 is 0. The number of hydrogen-bond donors (Lipinski definition) is 2. The summed E-state index contributed by atoms with van der Waals surface area (Å²) in [6.07, 6.45) is 4.83. The Morgan fingerprint density at radius 3 is 2.56 bits per heavy atom.